The lowest BCUT2D eigenvalue weighted by atomic mass is 9.43. The summed E-state index contributed by atoms with van der Waals surface area (Å²) in [4.78, 5) is 41.4. The Kier molecular flexibility index (Phi) is 8.08. The summed E-state index contributed by atoms with van der Waals surface area (Å²) in [5, 5.41) is 9.27. The van der Waals surface area contributed by atoms with Crippen molar-refractivity contribution < 1.29 is 22.8 Å². The van der Waals surface area contributed by atoms with E-state index in [0.29, 0.717) is 33.2 Å². The third-order valence-corrected chi connectivity index (χ3v) is 10.5. The summed E-state index contributed by atoms with van der Waals surface area (Å²) in [7, 11) is 0. The van der Waals surface area contributed by atoms with Crippen LogP contribution in [-0.2, 0) is 15.8 Å². The minimum Gasteiger partial charge on any atom is -0.384 e. The molecule has 2 heterocycles. The average molecular weight is 616 g/mol. The van der Waals surface area contributed by atoms with E-state index >= 15 is 0 Å². The van der Waals surface area contributed by atoms with E-state index in [1.54, 1.807) is 12.1 Å². The van der Waals surface area contributed by atoms with Crippen LogP contribution in [0.5, 0.6) is 0 Å². The highest BCUT2D eigenvalue weighted by atomic mass is 19.4. The number of unbranched alkanes of at least 4 members (excludes halogenated alkanes) is 4. The topological polar surface area (TPSA) is 105 Å². The second-order valence-corrected chi connectivity index (χ2v) is 14.8. The molecule has 4 bridgehead atoms. The fourth-order valence-electron chi connectivity index (χ4n) is 9.81. The molecular formula is C33H44F3N5O3. The zero-order valence-corrected chi connectivity index (χ0v) is 25.7. The van der Waals surface area contributed by atoms with Crippen molar-refractivity contribution in [3.05, 3.63) is 34.4 Å². The lowest BCUT2D eigenvalue weighted by Gasteiger charge is -2.65. The maximum atomic E-state index is 14.0. The summed E-state index contributed by atoms with van der Waals surface area (Å²) in [5.74, 6) is -2.07. The predicted molar refractivity (Wildman–Crippen MR) is 162 cm³/mol. The number of halogens is 3. The van der Waals surface area contributed by atoms with Gasteiger partial charge in [-0.1, -0.05) is 39.2 Å². The number of nitrogens with one attached hydrogen (secondary N) is 3. The van der Waals surface area contributed by atoms with Gasteiger partial charge in [-0.25, -0.2) is 4.98 Å². The second kappa shape index (κ2) is 11.4. The SMILES string of the molecule is C[C@]12CC3CC(NCCCCCCCNc4cccc5nc(C(F)(F)F)n([C@H]6CCC(=O)NC6=O)c(=O)c45)(C1)C[C@](C)(C3)C2. The lowest BCUT2D eigenvalue weighted by Crippen LogP contribution is -2.64. The van der Waals surface area contributed by atoms with E-state index in [4.69, 9.17) is 0 Å². The first-order chi connectivity index (χ1) is 20.8. The van der Waals surface area contributed by atoms with Gasteiger partial charge in [-0.15, -0.1) is 0 Å². The van der Waals surface area contributed by atoms with Crippen molar-refractivity contribution in [2.24, 2.45) is 16.7 Å². The quantitative estimate of drug-likeness (QED) is 0.209. The molecule has 4 saturated carbocycles. The van der Waals surface area contributed by atoms with Crippen molar-refractivity contribution in [2.45, 2.75) is 115 Å². The molecule has 1 saturated heterocycles. The number of benzene rings is 1. The molecule has 44 heavy (non-hydrogen) atoms. The number of piperidine rings is 1. The van der Waals surface area contributed by atoms with E-state index in [9.17, 15) is 27.6 Å². The largest absolute Gasteiger partial charge is 0.449 e. The van der Waals surface area contributed by atoms with E-state index in [0.717, 1.165) is 44.6 Å². The molecule has 3 N–H and O–H groups in total. The van der Waals surface area contributed by atoms with Crippen molar-refractivity contribution in [1.29, 1.82) is 0 Å². The Morgan fingerprint density at radius 3 is 2.30 bits per heavy atom. The standard InChI is InChI=1S/C33H44F3N5O3/c1-30-15-21-16-31(2,18-30)20-32(17-21,19-30)38-14-7-5-3-4-6-13-37-22-9-8-10-23-26(22)28(44)41(29(39-23)33(34,35)36)24-11-12-25(42)40-27(24)43/h8-10,21,24,37-38H,3-7,11-20H2,1-2H3,(H,40,42,43)/t21?,24-,30+,31+,32?/m0/s1. The van der Waals surface area contributed by atoms with Gasteiger partial charge in [0.25, 0.3) is 5.56 Å². The van der Waals surface area contributed by atoms with E-state index in [1.165, 1.54) is 44.6 Å². The van der Waals surface area contributed by atoms with E-state index < -0.39 is 35.4 Å². The number of anilines is 1. The first-order valence-electron chi connectivity index (χ1n) is 16.2. The minimum absolute atomic E-state index is 0.00340. The molecule has 1 aliphatic heterocycles. The number of aromatic nitrogens is 2. The number of nitrogens with zero attached hydrogens (tertiary/aromatic N) is 2. The summed E-state index contributed by atoms with van der Waals surface area (Å²) < 4.78 is 42.3. The minimum atomic E-state index is -4.96. The number of carbonyl (C=O) groups is 2. The maximum absolute atomic E-state index is 14.0. The fourth-order valence-corrected chi connectivity index (χ4v) is 9.81. The van der Waals surface area contributed by atoms with Crippen LogP contribution < -0.4 is 21.5 Å². The van der Waals surface area contributed by atoms with Crippen molar-refractivity contribution >= 4 is 28.4 Å². The predicted octanol–water partition coefficient (Wildman–Crippen LogP) is 6.09. The van der Waals surface area contributed by atoms with Gasteiger partial charge in [-0.2, -0.15) is 13.2 Å². The molecule has 5 fully saturated rings. The molecule has 8 nitrogen and oxygen atoms in total. The third-order valence-electron chi connectivity index (χ3n) is 10.5. The summed E-state index contributed by atoms with van der Waals surface area (Å²) in [6.45, 7) is 6.61. The second-order valence-electron chi connectivity index (χ2n) is 14.8. The van der Waals surface area contributed by atoms with Crippen molar-refractivity contribution in [1.82, 2.24) is 20.2 Å². The number of imide groups is 1. The van der Waals surface area contributed by atoms with Crippen LogP contribution in [-0.4, -0.2) is 40.0 Å². The number of fused-ring (bicyclic) bond motifs is 1. The molecule has 7 rings (SSSR count). The van der Waals surface area contributed by atoms with Gasteiger partial charge in [-0.3, -0.25) is 24.3 Å². The van der Waals surface area contributed by atoms with Crippen LogP contribution in [0.2, 0.25) is 0 Å². The molecule has 2 amide bonds. The normalized spacial score (nSPS) is 31.5. The molecule has 4 aliphatic carbocycles. The van der Waals surface area contributed by atoms with Crippen LogP contribution >= 0.6 is 0 Å². The highest BCUT2D eigenvalue weighted by molar-refractivity contribution is 5.99. The van der Waals surface area contributed by atoms with Crippen molar-refractivity contribution in [2.75, 3.05) is 18.4 Å². The Hall–Kier alpha value is -2.95. The Morgan fingerprint density at radius 1 is 0.955 bits per heavy atom. The molecular weight excluding hydrogens is 571 g/mol. The summed E-state index contributed by atoms with van der Waals surface area (Å²) in [5.41, 5.74) is 0.689. The molecule has 1 aromatic heterocycles. The number of amides is 2. The van der Waals surface area contributed by atoms with Gasteiger partial charge in [0.1, 0.15) is 6.04 Å². The molecule has 11 heteroatoms. The van der Waals surface area contributed by atoms with Gasteiger partial charge >= 0.3 is 6.18 Å². The highest BCUT2D eigenvalue weighted by Crippen LogP contribution is 2.66. The van der Waals surface area contributed by atoms with Crippen LogP contribution in [0.1, 0.15) is 109 Å². The van der Waals surface area contributed by atoms with Gasteiger partial charge in [-0.05, 0) is 93.2 Å². The Labute approximate surface area is 255 Å². The first-order valence-corrected chi connectivity index (χ1v) is 16.2. The third kappa shape index (κ3) is 6.13. The van der Waals surface area contributed by atoms with Gasteiger partial charge in [0.15, 0.2) is 0 Å². The number of alkyl halides is 3. The van der Waals surface area contributed by atoms with Crippen LogP contribution in [0, 0.1) is 16.7 Å². The van der Waals surface area contributed by atoms with Crippen LogP contribution in [0.25, 0.3) is 10.9 Å². The lowest BCUT2D eigenvalue weighted by molar-refractivity contribution is -0.150. The summed E-state index contributed by atoms with van der Waals surface area (Å²) >= 11 is 0. The summed E-state index contributed by atoms with van der Waals surface area (Å²) in [6, 6.07) is 3.10. The van der Waals surface area contributed by atoms with Gasteiger partial charge in [0, 0.05) is 24.2 Å². The molecule has 0 spiro atoms. The maximum Gasteiger partial charge on any atom is 0.449 e. The molecule has 240 valence electrons. The van der Waals surface area contributed by atoms with E-state index in [-0.39, 0.29) is 23.7 Å². The Morgan fingerprint density at radius 2 is 1.64 bits per heavy atom. The molecule has 1 aromatic carbocycles. The zero-order valence-electron chi connectivity index (χ0n) is 25.7. The average Bonchev–Trinajstić information content (AvgIpc) is 2.90. The molecule has 5 aliphatic rings. The van der Waals surface area contributed by atoms with Gasteiger partial charge in [0.2, 0.25) is 17.6 Å². The fraction of sp³-hybridized carbons (Fsp3) is 0.697. The van der Waals surface area contributed by atoms with Crippen LogP contribution in [0.3, 0.4) is 0 Å². The molecule has 0 unspecified atom stereocenters. The zero-order chi connectivity index (χ0) is 31.3. The Balaban J connectivity index is 1.02. The van der Waals surface area contributed by atoms with Crippen LogP contribution in [0.4, 0.5) is 18.9 Å². The number of rotatable bonds is 11. The smallest absolute Gasteiger partial charge is 0.384 e. The Bertz CT molecular complexity index is 1490. The van der Waals surface area contributed by atoms with E-state index in [2.05, 4.69) is 29.5 Å². The number of hydrogen-bond donors (Lipinski definition) is 3. The number of hydrogen-bond acceptors (Lipinski definition) is 6. The molecule has 0 radical (unpaired) electrons. The van der Waals surface area contributed by atoms with Gasteiger partial charge < -0.3 is 10.6 Å². The first kappa shape index (κ1) is 31.0. The molecule has 3 atom stereocenters. The van der Waals surface area contributed by atoms with Crippen molar-refractivity contribution in [3.63, 3.8) is 0 Å². The monoisotopic (exact) mass is 615 g/mol. The molecule has 2 aromatic rings. The van der Waals surface area contributed by atoms with E-state index in [1.807, 2.05) is 5.32 Å². The van der Waals surface area contributed by atoms with Gasteiger partial charge in [0.05, 0.1) is 10.9 Å². The number of carbonyl (C=O) groups excluding carboxylic acids is 2. The highest BCUT2D eigenvalue weighted by Gasteiger charge is 2.59. The summed E-state index contributed by atoms with van der Waals surface area (Å²) in [6.07, 6.45) is 8.05. The van der Waals surface area contributed by atoms with Crippen molar-refractivity contribution in [3.8, 4) is 0 Å². The van der Waals surface area contributed by atoms with Crippen LogP contribution in [0.15, 0.2) is 23.0 Å².